The number of hydrogen-bond acceptors (Lipinski definition) is 5. The smallest absolute Gasteiger partial charge is 0.220 e. The number of nitrogens with one attached hydrogen (secondary N) is 2. The third kappa shape index (κ3) is 2.16. The summed E-state index contributed by atoms with van der Waals surface area (Å²) < 4.78 is 4.32. The van der Waals surface area contributed by atoms with Gasteiger partial charge in [-0.1, -0.05) is 0 Å². The summed E-state index contributed by atoms with van der Waals surface area (Å²) in [4.78, 5) is 15.4. The van der Waals surface area contributed by atoms with Gasteiger partial charge in [-0.15, -0.1) is 0 Å². The fourth-order valence-corrected chi connectivity index (χ4v) is 2.51. The van der Waals surface area contributed by atoms with Crippen molar-refractivity contribution in [1.29, 1.82) is 0 Å². The fourth-order valence-electron chi connectivity index (χ4n) is 1.85. The van der Waals surface area contributed by atoms with Gasteiger partial charge in [0.2, 0.25) is 11.0 Å². The second-order valence-electron chi connectivity index (χ2n) is 4.42. The Morgan fingerprint density at radius 2 is 2.31 bits per heavy atom. The van der Waals surface area contributed by atoms with Crippen molar-refractivity contribution in [3.05, 3.63) is 5.82 Å². The molecule has 1 aromatic heterocycles. The highest BCUT2D eigenvalue weighted by atomic mass is 32.1. The van der Waals surface area contributed by atoms with Crippen molar-refractivity contribution in [2.24, 2.45) is 0 Å². The topological polar surface area (TPSA) is 66.9 Å². The normalized spacial score (nSPS) is 24.5. The van der Waals surface area contributed by atoms with Gasteiger partial charge in [-0.05, 0) is 19.3 Å². The van der Waals surface area contributed by atoms with E-state index in [2.05, 4.69) is 20.0 Å². The van der Waals surface area contributed by atoms with Gasteiger partial charge in [0.1, 0.15) is 5.82 Å². The molecule has 1 unspecified atom stereocenters. The molecule has 1 atom stereocenters. The fraction of sp³-hybridized carbons (Fsp3) is 0.700. The zero-order valence-electron chi connectivity index (χ0n) is 8.90. The van der Waals surface area contributed by atoms with Gasteiger partial charge < -0.3 is 10.6 Å². The van der Waals surface area contributed by atoms with Crippen molar-refractivity contribution < 1.29 is 4.79 Å². The van der Waals surface area contributed by atoms with Gasteiger partial charge in [0.15, 0.2) is 0 Å². The van der Waals surface area contributed by atoms with Gasteiger partial charge >= 0.3 is 0 Å². The predicted molar refractivity (Wildman–Crippen MR) is 61.5 cm³/mol. The lowest BCUT2D eigenvalue weighted by Gasteiger charge is -2.09. The van der Waals surface area contributed by atoms with Gasteiger partial charge in [-0.25, -0.2) is 4.98 Å². The van der Waals surface area contributed by atoms with Crippen molar-refractivity contribution in [2.45, 2.75) is 37.6 Å². The molecule has 0 radical (unpaired) electrons. The van der Waals surface area contributed by atoms with Crippen LogP contribution in [0.5, 0.6) is 0 Å². The maximum atomic E-state index is 11.0. The van der Waals surface area contributed by atoms with E-state index < -0.39 is 0 Å². The Bertz CT molecular complexity index is 401. The summed E-state index contributed by atoms with van der Waals surface area (Å²) in [7, 11) is 0. The average molecular weight is 238 g/mol. The highest BCUT2D eigenvalue weighted by Crippen LogP contribution is 2.39. The molecule has 3 rings (SSSR count). The van der Waals surface area contributed by atoms with E-state index in [1.807, 2.05) is 0 Å². The standard InChI is InChI=1S/C10H14N4OS/c15-8-4-3-7(12-8)5-11-10-13-9(14-16-10)6-1-2-6/h6-7H,1-5H2,(H,12,15)(H,11,13,14). The van der Waals surface area contributed by atoms with Crippen molar-refractivity contribution >= 4 is 22.6 Å². The number of carbonyl (C=O) groups excluding carboxylic acids is 1. The zero-order valence-corrected chi connectivity index (χ0v) is 9.72. The van der Waals surface area contributed by atoms with Crippen LogP contribution in [0, 0.1) is 0 Å². The minimum atomic E-state index is 0.155. The summed E-state index contributed by atoms with van der Waals surface area (Å²) >= 11 is 1.42. The van der Waals surface area contributed by atoms with Gasteiger partial charge in [0, 0.05) is 36.5 Å². The highest BCUT2D eigenvalue weighted by Gasteiger charge is 2.28. The van der Waals surface area contributed by atoms with E-state index in [1.54, 1.807) is 0 Å². The van der Waals surface area contributed by atoms with Gasteiger partial charge in [-0.3, -0.25) is 4.79 Å². The van der Waals surface area contributed by atoms with E-state index in [-0.39, 0.29) is 11.9 Å². The monoisotopic (exact) mass is 238 g/mol. The predicted octanol–water partition coefficient (Wildman–Crippen LogP) is 1.11. The molecule has 6 heteroatoms. The lowest BCUT2D eigenvalue weighted by atomic mass is 10.2. The number of amides is 1. The van der Waals surface area contributed by atoms with Crippen LogP contribution in [-0.4, -0.2) is 27.9 Å². The molecule has 0 spiro atoms. The molecule has 2 N–H and O–H groups in total. The number of carbonyl (C=O) groups is 1. The Labute approximate surface area is 97.8 Å². The largest absolute Gasteiger partial charge is 0.358 e. The van der Waals surface area contributed by atoms with E-state index in [4.69, 9.17) is 0 Å². The summed E-state index contributed by atoms with van der Waals surface area (Å²) in [5, 5.41) is 7.04. The molecule has 86 valence electrons. The molecule has 1 saturated heterocycles. The first-order chi connectivity index (χ1) is 7.81. The van der Waals surface area contributed by atoms with Crippen molar-refractivity contribution in [3.8, 4) is 0 Å². The molecule has 5 nitrogen and oxygen atoms in total. The molecule has 1 aliphatic heterocycles. The van der Waals surface area contributed by atoms with Crippen LogP contribution in [0.15, 0.2) is 0 Å². The molecule has 1 aromatic rings. The van der Waals surface area contributed by atoms with E-state index in [0.717, 1.165) is 23.9 Å². The SMILES string of the molecule is O=C1CCC(CNc2nc(C3CC3)ns2)N1. The van der Waals surface area contributed by atoms with Gasteiger partial charge in [0.05, 0.1) is 0 Å². The van der Waals surface area contributed by atoms with Gasteiger partial charge in [0.25, 0.3) is 0 Å². The molecule has 1 amide bonds. The van der Waals surface area contributed by atoms with Crippen molar-refractivity contribution in [3.63, 3.8) is 0 Å². The van der Waals surface area contributed by atoms with E-state index in [0.29, 0.717) is 12.3 Å². The molecule has 1 saturated carbocycles. The van der Waals surface area contributed by atoms with Crippen LogP contribution in [0.2, 0.25) is 0 Å². The van der Waals surface area contributed by atoms with E-state index in [1.165, 1.54) is 24.4 Å². The number of rotatable bonds is 4. The average Bonchev–Trinajstić information content (AvgIpc) is 2.87. The van der Waals surface area contributed by atoms with Crippen molar-refractivity contribution in [2.75, 3.05) is 11.9 Å². The molecule has 1 aliphatic carbocycles. The van der Waals surface area contributed by atoms with Crippen LogP contribution in [0.1, 0.15) is 37.4 Å². The lowest BCUT2D eigenvalue weighted by Crippen LogP contribution is -2.31. The molecule has 16 heavy (non-hydrogen) atoms. The molecule has 2 fully saturated rings. The Balaban J connectivity index is 1.51. The number of aromatic nitrogens is 2. The number of hydrogen-bond donors (Lipinski definition) is 2. The summed E-state index contributed by atoms with van der Waals surface area (Å²) in [5.74, 6) is 1.75. The van der Waals surface area contributed by atoms with Crippen LogP contribution in [0.3, 0.4) is 0 Å². The van der Waals surface area contributed by atoms with Gasteiger partial charge in [-0.2, -0.15) is 4.37 Å². The molecule has 0 aromatic carbocycles. The van der Waals surface area contributed by atoms with E-state index in [9.17, 15) is 4.79 Å². The maximum Gasteiger partial charge on any atom is 0.220 e. The Morgan fingerprint density at radius 1 is 1.44 bits per heavy atom. The first-order valence-electron chi connectivity index (χ1n) is 5.68. The molecule has 2 heterocycles. The molecule has 0 bridgehead atoms. The Kier molecular flexibility index (Phi) is 2.51. The third-order valence-electron chi connectivity index (χ3n) is 2.97. The van der Waals surface area contributed by atoms with Crippen LogP contribution in [-0.2, 0) is 4.79 Å². The summed E-state index contributed by atoms with van der Waals surface area (Å²) in [6, 6.07) is 0.251. The number of anilines is 1. The van der Waals surface area contributed by atoms with Crippen molar-refractivity contribution in [1.82, 2.24) is 14.7 Å². The lowest BCUT2D eigenvalue weighted by molar-refractivity contribution is -0.119. The van der Waals surface area contributed by atoms with Crippen LogP contribution < -0.4 is 10.6 Å². The number of nitrogens with zero attached hydrogens (tertiary/aromatic N) is 2. The second kappa shape index (κ2) is 4.01. The third-order valence-corrected chi connectivity index (χ3v) is 3.66. The molecular weight excluding hydrogens is 224 g/mol. The highest BCUT2D eigenvalue weighted by molar-refractivity contribution is 7.09. The molecular formula is C10H14N4OS. The van der Waals surface area contributed by atoms with Crippen LogP contribution in [0.4, 0.5) is 5.13 Å². The van der Waals surface area contributed by atoms with E-state index >= 15 is 0 Å². The Hall–Kier alpha value is -1.17. The maximum absolute atomic E-state index is 11.0. The minimum absolute atomic E-state index is 0.155. The summed E-state index contributed by atoms with van der Waals surface area (Å²) in [6.07, 6.45) is 4.03. The zero-order chi connectivity index (χ0) is 11.0. The quantitative estimate of drug-likeness (QED) is 0.824. The Morgan fingerprint density at radius 3 is 3.00 bits per heavy atom. The second-order valence-corrected chi connectivity index (χ2v) is 5.17. The minimum Gasteiger partial charge on any atom is -0.358 e. The summed E-state index contributed by atoms with van der Waals surface area (Å²) in [6.45, 7) is 0.755. The van der Waals surface area contributed by atoms with Crippen LogP contribution >= 0.6 is 11.5 Å². The van der Waals surface area contributed by atoms with Crippen LogP contribution in [0.25, 0.3) is 0 Å². The molecule has 2 aliphatic rings. The first-order valence-corrected chi connectivity index (χ1v) is 6.45. The first kappa shape index (κ1) is 10.0. The summed E-state index contributed by atoms with van der Waals surface area (Å²) in [5.41, 5.74) is 0.